The summed E-state index contributed by atoms with van der Waals surface area (Å²) in [7, 11) is 0. The van der Waals surface area contributed by atoms with Crippen LogP contribution in [0.1, 0.15) is 12.2 Å². The molecule has 19 heavy (non-hydrogen) atoms. The number of rotatable bonds is 4. The highest BCUT2D eigenvalue weighted by Crippen LogP contribution is 2.22. The zero-order valence-electron chi connectivity index (χ0n) is 10.6. The lowest BCUT2D eigenvalue weighted by Gasteiger charge is -2.09. The van der Waals surface area contributed by atoms with E-state index in [1.807, 2.05) is 17.7 Å². The average Bonchev–Trinajstić information content (AvgIpc) is 2.77. The number of imidazole rings is 1. The molecule has 0 aliphatic carbocycles. The summed E-state index contributed by atoms with van der Waals surface area (Å²) in [5.74, 6) is 0.775. The van der Waals surface area contributed by atoms with Gasteiger partial charge in [-0.05, 0) is 25.1 Å². The molecule has 0 aliphatic rings. The van der Waals surface area contributed by atoms with Crippen molar-refractivity contribution in [3.05, 3.63) is 41.4 Å². The maximum Gasteiger partial charge on any atom is 0.226 e. The van der Waals surface area contributed by atoms with Gasteiger partial charge in [0.15, 0.2) is 0 Å². The van der Waals surface area contributed by atoms with E-state index < -0.39 is 0 Å². The van der Waals surface area contributed by atoms with Crippen LogP contribution in [0.2, 0.25) is 5.02 Å². The SMILES string of the molecule is Cc1nccn1CCC(=O)Nc1cc(Cl)ccc1N. The van der Waals surface area contributed by atoms with Gasteiger partial charge >= 0.3 is 0 Å². The van der Waals surface area contributed by atoms with Gasteiger partial charge in [-0.25, -0.2) is 4.98 Å². The van der Waals surface area contributed by atoms with Gasteiger partial charge in [-0.15, -0.1) is 0 Å². The molecule has 0 bridgehead atoms. The number of hydrogen-bond donors (Lipinski definition) is 2. The minimum absolute atomic E-state index is 0.109. The van der Waals surface area contributed by atoms with E-state index >= 15 is 0 Å². The van der Waals surface area contributed by atoms with Crippen LogP contribution in [-0.4, -0.2) is 15.5 Å². The van der Waals surface area contributed by atoms with Crippen LogP contribution in [0.15, 0.2) is 30.6 Å². The van der Waals surface area contributed by atoms with Crippen molar-refractivity contribution in [3.63, 3.8) is 0 Å². The summed E-state index contributed by atoms with van der Waals surface area (Å²) < 4.78 is 1.92. The number of amides is 1. The van der Waals surface area contributed by atoms with Gasteiger partial charge in [-0.2, -0.15) is 0 Å². The van der Waals surface area contributed by atoms with Crippen molar-refractivity contribution >= 4 is 28.9 Å². The number of anilines is 2. The maximum absolute atomic E-state index is 11.8. The summed E-state index contributed by atoms with van der Waals surface area (Å²) in [6, 6.07) is 4.98. The molecule has 0 saturated heterocycles. The molecule has 1 aromatic carbocycles. The van der Waals surface area contributed by atoms with Gasteiger partial charge < -0.3 is 15.6 Å². The van der Waals surface area contributed by atoms with Gasteiger partial charge in [-0.1, -0.05) is 11.6 Å². The highest BCUT2D eigenvalue weighted by atomic mass is 35.5. The number of aromatic nitrogens is 2. The minimum Gasteiger partial charge on any atom is -0.397 e. The number of carbonyl (C=O) groups is 1. The molecule has 1 amide bonds. The van der Waals surface area contributed by atoms with Crippen LogP contribution in [0, 0.1) is 6.92 Å². The van der Waals surface area contributed by atoms with E-state index in [1.54, 1.807) is 24.4 Å². The molecule has 0 atom stereocenters. The second-order valence-electron chi connectivity index (χ2n) is 4.20. The van der Waals surface area contributed by atoms with Crippen molar-refractivity contribution in [2.24, 2.45) is 0 Å². The Morgan fingerprint density at radius 2 is 2.32 bits per heavy atom. The van der Waals surface area contributed by atoms with Crippen molar-refractivity contribution < 1.29 is 4.79 Å². The number of nitrogens with zero attached hydrogens (tertiary/aromatic N) is 2. The molecule has 2 rings (SSSR count). The van der Waals surface area contributed by atoms with E-state index in [9.17, 15) is 4.79 Å². The van der Waals surface area contributed by atoms with Crippen LogP contribution in [0.3, 0.4) is 0 Å². The Bertz CT molecular complexity index is 594. The lowest BCUT2D eigenvalue weighted by atomic mass is 10.2. The fourth-order valence-electron chi connectivity index (χ4n) is 1.71. The Balaban J connectivity index is 1.94. The molecule has 5 nitrogen and oxygen atoms in total. The van der Waals surface area contributed by atoms with E-state index in [-0.39, 0.29) is 5.91 Å². The first-order valence-electron chi connectivity index (χ1n) is 5.89. The highest BCUT2D eigenvalue weighted by molar-refractivity contribution is 6.31. The Morgan fingerprint density at radius 3 is 3.00 bits per heavy atom. The van der Waals surface area contributed by atoms with E-state index in [4.69, 9.17) is 17.3 Å². The zero-order chi connectivity index (χ0) is 13.8. The number of hydrogen-bond acceptors (Lipinski definition) is 3. The van der Waals surface area contributed by atoms with Crippen LogP contribution in [-0.2, 0) is 11.3 Å². The fourth-order valence-corrected chi connectivity index (χ4v) is 1.88. The number of carbonyl (C=O) groups excluding carboxylic acids is 1. The monoisotopic (exact) mass is 278 g/mol. The first-order valence-corrected chi connectivity index (χ1v) is 6.26. The molecule has 0 unspecified atom stereocenters. The molecule has 100 valence electrons. The van der Waals surface area contributed by atoms with Gasteiger partial charge in [0.25, 0.3) is 0 Å². The Labute approximate surface area is 116 Å². The summed E-state index contributed by atoms with van der Waals surface area (Å²) in [6.07, 6.45) is 3.90. The topological polar surface area (TPSA) is 72.9 Å². The summed E-state index contributed by atoms with van der Waals surface area (Å²) in [6.45, 7) is 2.48. The zero-order valence-corrected chi connectivity index (χ0v) is 11.3. The molecule has 0 aliphatic heterocycles. The van der Waals surface area contributed by atoms with Crippen LogP contribution in [0.4, 0.5) is 11.4 Å². The van der Waals surface area contributed by atoms with E-state index in [1.165, 1.54) is 0 Å². The molecular formula is C13H15ClN4O. The first-order chi connectivity index (χ1) is 9.06. The van der Waals surface area contributed by atoms with Crippen LogP contribution >= 0.6 is 11.6 Å². The molecular weight excluding hydrogens is 264 g/mol. The Kier molecular flexibility index (Phi) is 4.06. The second kappa shape index (κ2) is 5.75. The molecule has 2 aromatic rings. The average molecular weight is 279 g/mol. The molecule has 0 fully saturated rings. The normalized spacial score (nSPS) is 10.4. The molecule has 0 spiro atoms. The lowest BCUT2D eigenvalue weighted by Crippen LogP contribution is -2.15. The summed E-state index contributed by atoms with van der Waals surface area (Å²) in [5.41, 5.74) is 6.80. The number of aryl methyl sites for hydroxylation is 2. The van der Waals surface area contributed by atoms with Gasteiger partial charge in [-0.3, -0.25) is 4.79 Å². The van der Waals surface area contributed by atoms with Crippen LogP contribution in [0.25, 0.3) is 0 Å². The van der Waals surface area contributed by atoms with Crippen molar-refractivity contribution in [2.75, 3.05) is 11.1 Å². The smallest absolute Gasteiger partial charge is 0.226 e. The predicted octanol–water partition coefficient (Wildman–Crippen LogP) is 2.46. The molecule has 0 radical (unpaired) electrons. The third-order valence-electron chi connectivity index (χ3n) is 2.79. The molecule has 3 N–H and O–H groups in total. The lowest BCUT2D eigenvalue weighted by molar-refractivity contribution is -0.116. The van der Waals surface area contributed by atoms with Crippen LogP contribution in [0.5, 0.6) is 0 Å². The first kappa shape index (κ1) is 13.4. The van der Waals surface area contributed by atoms with Crippen molar-refractivity contribution in [1.29, 1.82) is 0 Å². The highest BCUT2D eigenvalue weighted by Gasteiger charge is 2.07. The van der Waals surface area contributed by atoms with Gasteiger partial charge in [0.2, 0.25) is 5.91 Å². The third kappa shape index (κ3) is 3.48. The number of benzene rings is 1. The second-order valence-corrected chi connectivity index (χ2v) is 4.63. The molecule has 0 saturated carbocycles. The maximum atomic E-state index is 11.8. The van der Waals surface area contributed by atoms with Gasteiger partial charge in [0.1, 0.15) is 5.82 Å². The minimum atomic E-state index is -0.109. The fraction of sp³-hybridized carbons (Fsp3) is 0.231. The van der Waals surface area contributed by atoms with E-state index in [0.717, 1.165) is 5.82 Å². The number of nitrogens with one attached hydrogen (secondary N) is 1. The van der Waals surface area contributed by atoms with Crippen molar-refractivity contribution in [1.82, 2.24) is 9.55 Å². The summed E-state index contributed by atoms with van der Waals surface area (Å²) >= 11 is 5.86. The Hall–Kier alpha value is -2.01. The summed E-state index contributed by atoms with van der Waals surface area (Å²) in [5, 5.41) is 3.29. The predicted molar refractivity (Wildman–Crippen MR) is 76.1 cm³/mol. The van der Waals surface area contributed by atoms with E-state index in [2.05, 4.69) is 10.3 Å². The number of nitrogen functional groups attached to an aromatic ring is 1. The summed E-state index contributed by atoms with van der Waals surface area (Å²) in [4.78, 5) is 15.9. The van der Waals surface area contributed by atoms with Crippen molar-refractivity contribution in [3.8, 4) is 0 Å². The standard InChI is InChI=1S/C13H15ClN4O/c1-9-16-5-7-18(9)6-4-13(19)17-12-8-10(14)2-3-11(12)15/h2-3,5,7-8H,4,6,15H2,1H3,(H,17,19). The van der Waals surface area contributed by atoms with E-state index in [0.29, 0.717) is 29.4 Å². The van der Waals surface area contributed by atoms with Crippen LogP contribution < -0.4 is 11.1 Å². The molecule has 1 aromatic heterocycles. The van der Waals surface area contributed by atoms with Gasteiger partial charge in [0, 0.05) is 30.4 Å². The molecule has 1 heterocycles. The van der Waals surface area contributed by atoms with Crippen molar-refractivity contribution in [2.45, 2.75) is 19.9 Å². The third-order valence-corrected chi connectivity index (χ3v) is 3.03. The largest absolute Gasteiger partial charge is 0.397 e. The molecule has 6 heteroatoms. The Morgan fingerprint density at radius 1 is 1.53 bits per heavy atom. The number of halogens is 1. The number of nitrogens with two attached hydrogens (primary N) is 1. The van der Waals surface area contributed by atoms with Gasteiger partial charge in [0.05, 0.1) is 11.4 Å². The quantitative estimate of drug-likeness (QED) is 0.844.